The highest BCUT2D eigenvalue weighted by Crippen LogP contribution is 2.24. The monoisotopic (exact) mass is 449 g/mol. The lowest BCUT2D eigenvalue weighted by Gasteiger charge is -2.24. The summed E-state index contributed by atoms with van der Waals surface area (Å²) < 4.78 is 5.30. The van der Waals surface area contributed by atoms with E-state index in [1.54, 1.807) is 33.1 Å². The predicted molar refractivity (Wildman–Crippen MR) is 116 cm³/mol. The van der Waals surface area contributed by atoms with Crippen LogP contribution in [0.5, 0.6) is 5.75 Å². The summed E-state index contributed by atoms with van der Waals surface area (Å²) in [6, 6.07) is 0.133. The molecule has 0 aliphatic carbocycles. The number of methoxy groups -OCH3 is 1. The molecule has 0 aliphatic rings. The topological polar surface area (TPSA) is 151 Å². The summed E-state index contributed by atoms with van der Waals surface area (Å²) in [5.41, 5.74) is 1.92. The van der Waals surface area contributed by atoms with Gasteiger partial charge in [0.1, 0.15) is 24.1 Å². The predicted octanol–water partition coefficient (Wildman–Crippen LogP) is 0.730. The molecular formula is C22H31N3O7. The fourth-order valence-electron chi connectivity index (χ4n) is 3.16. The third-order valence-corrected chi connectivity index (χ3v) is 4.80. The highest BCUT2D eigenvalue weighted by atomic mass is 16.5. The van der Waals surface area contributed by atoms with Crippen LogP contribution < -0.4 is 20.7 Å². The Kier molecular flexibility index (Phi) is 9.83. The van der Waals surface area contributed by atoms with Crippen molar-refractivity contribution in [2.75, 3.05) is 7.11 Å². The van der Waals surface area contributed by atoms with Gasteiger partial charge in [-0.1, -0.05) is 13.8 Å². The first-order valence-electron chi connectivity index (χ1n) is 10.1. The molecule has 0 radical (unpaired) electrons. The Morgan fingerprint density at radius 1 is 1.00 bits per heavy atom. The maximum Gasteiger partial charge on any atom is 0.305 e. The van der Waals surface area contributed by atoms with E-state index in [2.05, 4.69) is 16.0 Å². The van der Waals surface area contributed by atoms with Crippen LogP contribution in [-0.4, -0.2) is 60.3 Å². The molecule has 0 fully saturated rings. The van der Waals surface area contributed by atoms with Gasteiger partial charge in [-0.25, -0.2) is 0 Å². The maximum atomic E-state index is 12.8. The molecule has 176 valence electrons. The Morgan fingerprint density at radius 2 is 1.56 bits per heavy atom. The van der Waals surface area contributed by atoms with E-state index in [0.29, 0.717) is 17.6 Å². The van der Waals surface area contributed by atoms with E-state index >= 15 is 0 Å². The first-order chi connectivity index (χ1) is 14.9. The van der Waals surface area contributed by atoms with Crippen LogP contribution >= 0.6 is 0 Å². The standard InChI is InChI=1S/C22H31N3O7/c1-11(2)18(25-21(30)15-7-12(3)19(32-6)13(4)8-15)22(31)23-14(5)20(29)24-16(10-26)9-17(27)28/h7-8,10-11,14,16,18H,9H2,1-6H3,(H,23,31)(H,24,29)(H,25,30)(H,27,28)/t14-,16-,18-/m0/s1. The average Bonchev–Trinajstić information content (AvgIpc) is 2.69. The number of carbonyl (C=O) groups excluding carboxylic acids is 4. The summed E-state index contributed by atoms with van der Waals surface area (Å²) in [4.78, 5) is 59.4. The van der Waals surface area contributed by atoms with Gasteiger partial charge in [-0.3, -0.25) is 19.2 Å². The van der Waals surface area contributed by atoms with Crippen LogP contribution in [0, 0.1) is 19.8 Å². The molecule has 0 heterocycles. The van der Waals surface area contributed by atoms with Crippen LogP contribution in [0.1, 0.15) is 48.7 Å². The number of carboxylic acid groups (broad SMARTS) is 1. The molecule has 0 bridgehead atoms. The second-order valence-corrected chi connectivity index (χ2v) is 7.92. The minimum atomic E-state index is -1.24. The van der Waals surface area contributed by atoms with Crippen LogP contribution in [0.15, 0.2) is 12.1 Å². The largest absolute Gasteiger partial charge is 0.496 e. The number of hydrogen-bond acceptors (Lipinski definition) is 6. The smallest absolute Gasteiger partial charge is 0.305 e. The first-order valence-corrected chi connectivity index (χ1v) is 10.1. The number of hydrogen-bond donors (Lipinski definition) is 4. The zero-order valence-corrected chi connectivity index (χ0v) is 19.1. The highest BCUT2D eigenvalue weighted by Gasteiger charge is 2.28. The van der Waals surface area contributed by atoms with Gasteiger partial charge in [-0.2, -0.15) is 0 Å². The third kappa shape index (κ3) is 7.36. The van der Waals surface area contributed by atoms with E-state index in [9.17, 15) is 24.0 Å². The molecule has 1 rings (SSSR count). The number of rotatable bonds is 11. The van der Waals surface area contributed by atoms with Gasteiger partial charge in [0.15, 0.2) is 0 Å². The summed E-state index contributed by atoms with van der Waals surface area (Å²) in [6.07, 6.45) is -0.252. The van der Waals surface area contributed by atoms with Crippen molar-refractivity contribution in [2.24, 2.45) is 5.92 Å². The quantitative estimate of drug-likeness (QED) is 0.364. The van der Waals surface area contributed by atoms with Gasteiger partial charge in [0.2, 0.25) is 11.8 Å². The van der Waals surface area contributed by atoms with Crippen molar-refractivity contribution < 1.29 is 33.8 Å². The van der Waals surface area contributed by atoms with Crippen molar-refractivity contribution in [3.63, 3.8) is 0 Å². The normalized spacial score (nSPS) is 13.5. The Labute approximate surface area is 187 Å². The molecule has 0 aromatic heterocycles. The summed E-state index contributed by atoms with van der Waals surface area (Å²) in [6.45, 7) is 8.51. The SMILES string of the molecule is COc1c(C)cc(C(=O)N[C@H](C(=O)N[C@@H](C)C(=O)N[C@H](C=O)CC(=O)O)C(C)C)cc1C. The van der Waals surface area contributed by atoms with Gasteiger partial charge >= 0.3 is 5.97 Å². The Hall–Kier alpha value is -3.43. The number of amides is 3. The van der Waals surface area contributed by atoms with Crippen LogP contribution in [0.3, 0.4) is 0 Å². The summed E-state index contributed by atoms with van der Waals surface area (Å²) >= 11 is 0. The number of carbonyl (C=O) groups is 5. The van der Waals surface area contributed by atoms with E-state index < -0.39 is 48.2 Å². The van der Waals surface area contributed by atoms with Crippen molar-refractivity contribution in [3.05, 3.63) is 28.8 Å². The molecule has 0 unspecified atom stereocenters. The molecule has 1 aromatic carbocycles. The van der Waals surface area contributed by atoms with Gasteiger partial charge in [0, 0.05) is 5.56 Å². The van der Waals surface area contributed by atoms with E-state index in [-0.39, 0.29) is 5.92 Å². The molecule has 4 N–H and O–H groups in total. The highest BCUT2D eigenvalue weighted by molar-refractivity contribution is 5.99. The zero-order valence-electron chi connectivity index (χ0n) is 19.1. The maximum absolute atomic E-state index is 12.8. The molecule has 3 amide bonds. The number of aldehydes is 1. The molecule has 0 saturated carbocycles. The Morgan fingerprint density at radius 3 is 2.00 bits per heavy atom. The number of aliphatic carboxylic acids is 1. The number of carboxylic acids is 1. The van der Waals surface area contributed by atoms with E-state index in [1.807, 2.05) is 13.8 Å². The van der Waals surface area contributed by atoms with Crippen LogP contribution in [0.25, 0.3) is 0 Å². The minimum absolute atomic E-state index is 0.288. The Balaban J connectivity index is 2.88. The number of ether oxygens (including phenoxy) is 1. The molecule has 0 saturated heterocycles. The minimum Gasteiger partial charge on any atom is -0.496 e. The van der Waals surface area contributed by atoms with E-state index in [0.717, 1.165) is 11.1 Å². The first kappa shape index (κ1) is 26.6. The van der Waals surface area contributed by atoms with Crippen molar-refractivity contribution in [1.82, 2.24) is 16.0 Å². The summed E-state index contributed by atoms with van der Waals surface area (Å²) in [5.74, 6) is -2.61. The van der Waals surface area contributed by atoms with Gasteiger partial charge in [0.05, 0.1) is 19.6 Å². The zero-order chi connectivity index (χ0) is 24.6. The lowest BCUT2D eigenvalue weighted by Crippen LogP contribution is -2.55. The van der Waals surface area contributed by atoms with E-state index in [4.69, 9.17) is 9.84 Å². The van der Waals surface area contributed by atoms with Crippen LogP contribution in [-0.2, 0) is 19.2 Å². The molecule has 3 atom stereocenters. The van der Waals surface area contributed by atoms with Gasteiger partial charge in [-0.05, 0) is 49.9 Å². The second kappa shape index (κ2) is 11.8. The molecule has 0 spiro atoms. The Bertz CT molecular complexity index is 859. The molecule has 10 nitrogen and oxygen atoms in total. The second-order valence-electron chi connectivity index (χ2n) is 7.92. The van der Waals surface area contributed by atoms with Gasteiger partial charge in [0.25, 0.3) is 5.91 Å². The lowest BCUT2D eigenvalue weighted by atomic mass is 10.0. The fraction of sp³-hybridized carbons (Fsp3) is 0.500. The van der Waals surface area contributed by atoms with Crippen molar-refractivity contribution in [1.29, 1.82) is 0 Å². The van der Waals surface area contributed by atoms with Crippen molar-refractivity contribution in [2.45, 2.75) is 59.2 Å². The van der Waals surface area contributed by atoms with Crippen LogP contribution in [0.4, 0.5) is 0 Å². The van der Waals surface area contributed by atoms with Crippen molar-refractivity contribution >= 4 is 30.0 Å². The summed E-state index contributed by atoms with van der Waals surface area (Å²) in [5, 5.41) is 16.2. The van der Waals surface area contributed by atoms with Crippen LogP contribution in [0.2, 0.25) is 0 Å². The summed E-state index contributed by atoms with van der Waals surface area (Å²) in [7, 11) is 1.55. The molecule has 1 aromatic rings. The van der Waals surface area contributed by atoms with Crippen molar-refractivity contribution in [3.8, 4) is 5.75 Å². The number of nitrogens with one attached hydrogen (secondary N) is 3. The molecule has 0 aliphatic heterocycles. The third-order valence-electron chi connectivity index (χ3n) is 4.80. The van der Waals surface area contributed by atoms with E-state index in [1.165, 1.54) is 6.92 Å². The van der Waals surface area contributed by atoms with Gasteiger partial charge < -0.3 is 30.6 Å². The number of aryl methyl sites for hydroxylation is 2. The molecular weight excluding hydrogens is 418 g/mol. The fourth-order valence-corrected chi connectivity index (χ4v) is 3.16. The lowest BCUT2D eigenvalue weighted by molar-refractivity contribution is -0.139. The number of benzene rings is 1. The molecule has 32 heavy (non-hydrogen) atoms. The average molecular weight is 450 g/mol. The van der Waals surface area contributed by atoms with Gasteiger partial charge in [-0.15, -0.1) is 0 Å². The molecule has 10 heteroatoms.